The number of nitrogens with zero attached hydrogens (tertiary/aromatic N) is 9. The first-order valence-corrected chi connectivity index (χ1v) is 38.6. The number of alkyl halides is 6. The maximum Gasteiger partial charge on any atom is 0.393 e. The molecule has 3 N–H and O–H groups in total. The van der Waals surface area contributed by atoms with Gasteiger partial charge in [0.25, 0.3) is 0 Å². The molecule has 12 amide bonds. The quantitative estimate of drug-likeness (QED) is 0.101. The fourth-order valence-electron chi connectivity index (χ4n) is 17.5. The third-order valence-corrected chi connectivity index (χ3v) is 24.6. The summed E-state index contributed by atoms with van der Waals surface area (Å²) >= 11 is 6.44. The highest BCUT2D eigenvalue weighted by atomic mass is 35.5. The number of halogens is 6. The largest absolute Gasteiger partial charge is 0.393 e. The van der Waals surface area contributed by atoms with Gasteiger partial charge in [0.05, 0.1) is 25.4 Å². The molecular weight excluding hydrogens is 1390 g/mol. The number of rotatable bonds is 12. The van der Waals surface area contributed by atoms with Crippen molar-refractivity contribution >= 4 is 82.5 Å². The Labute approximate surface area is 622 Å². The molecule has 105 heavy (non-hydrogen) atoms. The molecule has 0 aromatic rings. The molecule has 4 saturated carbocycles. The van der Waals surface area contributed by atoms with E-state index < -0.39 is 198 Å². The van der Waals surface area contributed by atoms with Crippen molar-refractivity contribution in [1.29, 1.82) is 0 Å². The summed E-state index contributed by atoms with van der Waals surface area (Å²) < 4.78 is 72.0. The van der Waals surface area contributed by atoms with Gasteiger partial charge in [-0.15, -0.1) is 11.6 Å². The Morgan fingerprint density at radius 3 is 1.90 bits per heavy atom. The van der Waals surface area contributed by atoms with Crippen molar-refractivity contribution in [2.45, 2.75) is 262 Å². The lowest BCUT2D eigenvalue weighted by molar-refractivity contribution is -0.182. The molecule has 30 heteroatoms. The Hall–Kier alpha value is -6.68. The summed E-state index contributed by atoms with van der Waals surface area (Å²) in [6.07, 6.45) is 0.210. The second-order valence-electron chi connectivity index (χ2n) is 32.7. The molecule has 2 saturated heterocycles. The molecule has 592 valence electrons. The molecule has 3 aliphatic heterocycles. The van der Waals surface area contributed by atoms with E-state index in [1.54, 1.807) is 26.8 Å². The zero-order chi connectivity index (χ0) is 78.1. The Balaban J connectivity index is 1.32. The number of likely N-dealkylation sites (N-methyl/N-ethyl adjacent to an activating group) is 7. The third kappa shape index (κ3) is 21.0. The summed E-state index contributed by atoms with van der Waals surface area (Å²) in [7, 11) is 9.37. The van der Waals surface area contributed by atoms with Crippen molar-refractivity contribution in [1.82, 2.24) is 60.0 Å². The number of carbonyl (C=O) groups excluding carboxylic acids is 12. The second-order valence-corrected chi connectivity index (χ2v) is 33.3. The molecule has 2 bridgehead atoms. The van der Waals surface area contributed by atoms with Crippen molar-refractivity contribution in [2.75, 3.05) is 82.1 Å². The smallest absolute Gasteiger partial charge is 0.344 e. The maximum absolute atomic E-state index is 15.7. The molecule has 3 unspecified atom stereocenters. The molecule has 4 aliphatic carbocycles. The van der Waals surface area contributed by atoms with E-state index in [0.29, 0.717) is 38.0 Å². The highest BCUT2D eigenvalue weighted by Crippen LogP contribution is 2.50. The minimum absolute atomic E-state index is 0.00595. The topological polar surface area (TPSA) is 270 Å². The SMILES string of the molecule is CC[C@H](C)[C@@H]1NC(=O)[C@H](CC(F)F)N(C)C(=O)C[C@@H](C(=O)N(C)CC)N(C)C(=O)[C@H](C2CCCC2)N(C)C(=O)C2(CC(C)(C)C2)NC(=O)[C@@H]2C[C@@H](C)CN2C(=O)[C@H](CCC2CCC(C(F)(F)F)C(Cl)C2)NC(=O)CN(C)C(=O)[C@H](CC2CCC(C)CC2)N2CC/C=C\C[C@@H](C2=O)N(C)C(=O)CN(C)C1=O. The summed E-state index contributed by atoms with van der Waals surface area (Å²) in [5, 5.41) is 7.26. The predicted octanol–water partition coefficient (Wildman–Crippen LogP) is 7.00. The van der Waals surface area contributed by atoms with E-state index in [0.717, 1.165) is 47.4 Å². The standard InChI is InChI=1S/C75H118ClF5N12O12/c1-15-46(5)62-70(103)87(10)41-61(96)88(11)53-24-18-17-21-33-92(69(53)102)57(36-48-27-25-44(3)26-28-48)68(101)86(9)40-59(94)82-52(32-30-47-29-31-50(51(76)35-47)75(79,80)81)66(99)93-39-45(4)34-55(93)65(98)84-74(42-73(6,7)43-74)72(105)91(14)63(49-22-19-20-23-49)71(104)90(13)56(67(100)85(8)16-2)38-60(95)89(12)54(37-58(77)78)64(97)83-62/h17-18,44-58,62-63H,15-16,19-43H2,1-14H3,(H,82,94)(H,83,97)(H,84,98)/b18-17-/t44?,45-,46+,47?,48?,50?,51?,52+,53+,54+,55+,56+,57+,62+,63+/m1/s1. The number of nitrogens with one attached hydrogen (secondary N) is 3. The molecule has 0 aromatic heterocycles. The van der Waals surface area contributed by atoms with Crippen LogP contribution in [0.4, 0.5) is 22.0 Å². The minimum Gasteiger partial charge on any atom is -0.344 e. The monoisotopic (exact) mass is 1510 g/mol. The van der Waals surface area contributed by atoms with Crippen molar-refractivity contribution in [3.63, 3.8) is 0 Å². The van der Waals surface area contributed by atoms with E-state index in [9.17, 15) is 50.7 Å². The summed E-state index contributed by atoms with van der Waals surface area (Å²) in [5.74, 6) is -12.5. The number of carbonyl (C=O) groups is 12. The Morgan fingerprint density at radius 2 is 1.30 bits per heavy atom. The van der Waals surface area contributed by atoms with Gasteiger partial charge in [-0.2, -0.15) is 13.2 Å². The van der Waals surface area contributed by atoms with Crippen LogP contribution in [0.3, 0.4) is 0 Å². The van der Waals surface area contributed by atoms with Crippen LogP contribution < -0.4 is 16.0 Å². The number of amides is 12. The van der Waals surface area contributed by atoms with Gasteiger partial charge in [0.15, 0.2) is 0 Å². The zero-order valence-corrected chi connectivity index (χ0v) is 65.0. The molecule has 1 spiro atoms. The van der Waals surface area contributed by atoms with Crippen LogP contribution in [-0.2, 0) is 57.5 Å². The van der Waals surface area contributed by atoms with Crippen molar-refractivity contribution in [3.05, 3.63) is 12.2 Å². The van der Waals surface area contributed by atoms with Crippen LogP contribution in [0.1, 0.15) is 190 Å². The van der Waals surface area contributed by atoms with Crippen LogP contribution in [-0.4, -0.2) is 269 Å². The van der Waals surface area contributed by atoms with Gasteiger partial charge >= 0.3 is 6.18 Å². The molecular formula is C75H118ClF5N12O12. The summed E-state index contributed by atoms with van der Waals surface area (Å²) in [6.45, 7) is 11.6. The Kier molecular flexibility index (Phi) is 29.7. The van der Waals surface area contributed by atoms with Crippen LogP contribution in [0, 0.1) is 46.8 Å². The van der Waals surface area contributed by atoms with Crippen LogP contribution in [0.2, 0.25) is 0 Å². The Morgan fingerprint density at radius 1 is 0.676 bits per heavy atom. The molecule has 6 fully saturated rings. The average Bonchev–Trinajstić information content (AvgIpc) is 1.22. The van der Waals surface area contributed by atoms with Gasteiger partial charge in [-0.1, -0.05) is 98.6 Å². The first kappa shape index (κ1) is 85.6. The van der Waals surface area contributed by atoms with Gasteiger partial charge < -0.3 is 60.0 Å². The first-order chi connectivity index (χ1) is 49.1. The van der Waals surface area contributed by atoms with Gasteiger partial charge in [0.1, 0.15) is 53.9 Å². The summed E-state index contributed by atoms with van der Waals surface area (Å²) in [5.41, 5.74) is -2.21. The zero-order valence-electron chi connectivity index (χ0n) is 64.3. The maximum atomic E-state index is 15.7. The van der Waals surface area contributed by atoms with Crippen LogP contribution in [0.15, 0.2) is 12.2 Å². The van der Waals surface area contributed by atoms with Crippen LogP contribution >= 0.6 is 11.6 Å². The summed E-state index contributed by atoms with van der Waals surface area (Å²) in [4.78, 5) is 192. The molecule has 0 radical (unpaired) electrons. The fraction of sp³-hybridized carbons (Fsp3) is 0.813. The normalized spacial score (nSPS) is 32.2. The number of hydrogen-bond donors (Lipinski definition) is 3. The first-order valence-electron chi connectivity index (χ1n) is 38.1. The van der Waals surface area contributed by atoms with Crippen molar-refractivity contribution < 1.29 is 79.5 Å². The van der Waals surface area contributed by atoms with E-state index >= 15 is 28.8 Å². The predicted molar refractivity (Wildman–Crippen MR) is 384 cm³/mol. The van der Waals surface area contributed by atoms with E-state index in [4.69, 9.17) is 11.6 Å². The second kappa shape index (κ2) is 36.5. The molecule has 24 nitrogen and oxygen atoms in total. The highest BCUT2D eigenvalue weighted by molar-refractivity contribution is 6.21. The van der Waals surface area contributed by atoms with Crippen LogP contribution in [0.25, 0.3) is 0 Å². The van der Waals surface area contributed by atoms with Crippen molar-refractivity contribution in [2.24, 2.45) is 46.8 Å². The minimum atomic E-state index is -4.53. The Bertz CT molecular complexity index is 3160. The molecule has 13 atom stereocenters. The molecule has 0 aromatic carbocycles. The molecule has 3 heterocycles. The van der Waals surface area contributed by atoms with Crippen molar-refractivity contribution in [3.8, 4) is 0 Å². The van der Waals surface area contributed by atoms with E-state index in [-0.39, 0.29) is 102 Å². The highest BCUT2D eigenvalue weighted by Gasteiger charge is 2.59. The van der Waals surface area contributed by atoms with E-state index in [1.165, 1.54) is 71.7 Å². The summed E-state index contributed by atoms with van der Waals surface area (Å²) in [6, 6.07) is -11.4. The fourth-order valence-corrected chi connectivity index (χ4v) is 18.0. The lowest BCUT2D eigenvalue weighted by Crippen LogP contribution is -2.71. The van der Waals surface area contributed by atoms with Gasteiger partial charge in [0.2, 0.25) is 77.3 Å². The number of hydrogen-bond acceptors (Lipinski definition) is 12. The molecule has 7 aliphatic rings. The lowest BCUT2D eigenvalue weighted by Gasteiger charge is -2.54. The third-order valence-electron chi connectivity index (χ3n) is 24.1. The molecule has 7 rings (SSSR count). The van der Waals surface area contributed by atoms with Gasteiger partial charge in [0, 0.05) is 80.8 Å². The average molecular weight is 1510 g/mol. The number of fused-ring (bicyclic) bond motifs is 3. The van der Waals surface area contributed by atoms with Gasteiger partial charge in [-0.25, -0.2) is 8.78 Å². The lowest BCUT2D eigenvalue weighted by atomic mass is 9.58. The van der Waals surface area contributed by atoms with E-state index in [2.05, 4.69) is 22.9 Å². The van der Waals surface area contributed by atoms with Gasteiger partial charge in [-0.3, -0.25) is 57.5 Å². The van der Waals surface area contributed by atoms with Crippen LogP contribution in [0.5, 0.6) is 0 Å². The van der Waals surface area contributed by atoms with Gasteiger partial charge in [-0.05, 0) is 131 Å². The van der Waals surface area contributed by atoms with E-state index in [1.807, 2.05) is 26.8 Å².